The molecule has 0 unspecified atom stereocenters. The van der Waals surface area contributed by atoms with Crippen LogP contribution >= 0.6 is 0 Å². The second-order valence-corrected chi connectivity index (χ2v) is 5.21. The number of carbonyl (C=O) groups is 1. The highest BCUT2D eigenvalue weighted by atomic mass is 16.1. The van der Waals surface area contributed by atoms with E-state index < -0.39 is 0 Å². The molecule has 0 aliphatic carbocycles. The van der Waals surface area contributed by atoms with E-state index in [1.165, 1.54) is 0 Å². The average molecular weight is 299 g/mol. The minimum Gasteiger partial charge on any atom is -0.369 e. The van der Waals surface area contributed by atoms with Crippen molar-refractivity contribution in [3.05, 3.63) is 48.0 Å². The van der Waals surface area contributed by atoms with Gasteiger partial charge in [0.15, 0.2) is 5.82 Å². The molecule has 22 heavy (non-hydrogen) atoms. The van der Waals surface area contributed by atoms with E-state index in [0.29, 0.717) is 17.2 Å². The van der Waals surface area contributed by atoms with Crippen molar-refractivity contribution < 1.29 is 4.79 Å². The van der Waals surface area contributed by atoms with Crippen LogP contribution in [0.5, 0.6) is 0 Å². The number of hydrogen-bond acceptors (Lipinski definition) is 5. The molecule has 0 atom stereocenters. The van der Waals surface area contributed by atoms with Gasteiger partial charge in [-0.15, -0.1) is 10.2 Å². The van der Waals surface area contributed by atoms with E-state index >= 15 is 0 Å². The Morgan fingerprint density at radius 3 is 2.36 bits per heavy atom. The maximum absolute atomic E-state index is 12.0. The molecule has 2 rings (SSSR count). The molecule has 2 N–H and O–H groups in total. The summed E-state index contributed by atoms with van der Waals surface area (Å²) in [5, 5.41) is 14.0. The lowest BCUT2D eigenvalue weighted by atomic mass is 10.2. The van der Waals surface area contributed by atoms with Crippen LogP contribution in [0.15, 0.2) is 42.5 Å². The van der Waals surface area contributed by atoms with E-state index in [9.17, 15) is 4.79 Å². The Morgan fingerprint density at radius 1 is 1.05 bits per heavy atom. The van der Waals surface area contributed by atoms with Crippen molar-refractivity contribution in [3.63, 3.8) is 0 Å². The van der Waals surface area contributed by atoms with Crippen molar-refractivity contribution in [2.75, 3.05) is 37.8 Å². The topological polar surface area (TPSA) is 70.2 Å². The van der Waals surface area contributed by atoms with Gasteiger partial charge in [-0.2, -0.15) is 0 Å². The number of anilines is 2. The average Bonchev–Trinajstić information content (AvgIpc) is 2.54. The summed E-state index contributed by atoms with van der Waals surface area (Å²) in [6, 6.07) is 12.6. The molecule has 0 saturated heterocycles. The number of benzene rings is 1. The van der Waals surface area contributed by atoms with Crippen molar-refractivity contribution in [1.82, 2.24) is 15.1 Å². The lowest BCUT2D eigenvalue weighted by Crippen LogP contribution is -2.17. The Hall–Kier alpha value is -2.47. The predicted molar refractivity (Wildman–Crippen MR) is 88.1 cm³/mol. The summed E-state index contributed by atoms with van der Waals surface area (Å²) in [6.07, 6.45) is 1.03. The number of carbonyl (C=O) groups excluding carboxylic acids is 1. The maximum atomic E-state index is 12.0. The Kier molecular flexibility index (Phi) is 5.85. The van der Waals surface area contributed by atoms with Gasteiger partial charge in [-0.25, -0.2) is 0 Å². The quantitative estimate of drug-likeness (QED) is 0.766. The van der Waals surface area contributed by atoms with Gasteiger partial charge in [0.25, 0.3) is 5.91 Å². The predicted octanol–water partition coefficient (Wildman–Crippen LogP) is 2.09. The Morgan fingerprint density at radius 2 is 1.73 bits per heavy atom. The van der Waals surface area contributed by atoms with Crippen molar-refractivity contribution in [1.29, 1.82) is 0 Å². The van der Waals surface area contributed by atoms with Crippen LogP contribution in [0.25, 0.3) is 0 Å². The lowest BCUT2D eigenvalue weighted by molar-refractivity contribution is 0.102. The number of hydrogen-bond donors (Lipinski definition) is 2. The Balaban J connectivity index is 1.83. The monoisotopic (exact) mass is 299 g/mol. The van der Waals surface area contributed by atoms with Gasteiger partial charge in [-0.3, -0.25) is 4.79 Å². The molecule has 1 aromatic heterocycles. The molecule has 1 heterocycles. The zero-order valence-electron chi connectivity index (χ0n) is 12.9. The molecular weight excluding hydrogens is 278 g/mol. The lowest BCUT2D eigenvalue weighted by Gasteiger charge is -2.10. The molecule has 1 aromatic carbocycles. The number of nitrogens with one attached hydrogen (secondary N) is 2. The zero-order chi connectivity index (χ0) is 15.8. The van der Waals surface area contributed by atoms with Gasteiger partial charge in [-0.1, -0.05) is 18.2 Å². The Bertz CT molecular complexity index is 583. The van der Waals surface area contributed by atoms with Crippen LogP contribution in [-0.2, 0) is 0 Å². The van der Waals surface area contributed by atoms with E-state index in [1.54, 1.807) is 18.2 Å². The largest absolute Gasteiger partial charge is 0.369 e. The molecular formula is C16H21N5O. The molecule has 6 nitrogen and oxygen atoms in total. The van der Waals surface area contributed by atoms with Crippen molar-refractivity contribution >= 4 is 17.5 Å². The molecule has 0 saturated carbocycles. The summed E-state index contributed by atoms with van der Waals surface area (Å²) in [4.78, 5) is 14.1. The zero-order valence-corrected chi connectivity index (χ0v) is 12.9. The highest BCUT2D eigenvalue weighted by Gasteiger charge is 2.06. The number of aromatic nitrogens is 2. The van der Waals surface area contributed by atoms with Gasteiger partial charge < -0.3 is 15.5 Å². The number of nitrogens with zero attached hydrogens (tertiary/aromatic N) is 3. The summed E-state index contributed by atoms with van der Waals surface area (Å²) in [5.41, 5.74) is 0.593. The van der Waals surface area contributed by atoms with Crippen LogP contribution in [0.3, 0.4) is 0 Å². The van der Waals surface area contributed by atoms with Crippen molar-refractivity contribution in [2.45, 2.75) is 6.42 Å². The fraction of sp³-hybridized carbons (Fsp3) is 0.312. The first-order valence-corrected chi connectivity index (χ1v) is 7.24. The second-order valence-electron chi connectivity index (χ2n) is 5.21. The number of rotatable bonds is 7. The van der Waals surface area contributed by atoms with E-state index in [1.807, 2.05) is 38.4 Å². The Labute approximate surface area is 130 Å². The van der Waals surface area contributed by atoms with Crippen LogP contribution in [0.2, 0.25) is 0 Å². The first-order valence-electron chi connectivity index (χ1n) is 7.24. The van der Waals surface area contributed by atoms with Gasteiger partial charge in [0.05, 0.1) is 0 Å². The molecule has 0 fully saturated rings. The van der Waals surface area contributed by atoms with Gasteiger partial charge in [0, 0.05) is 12.1 Å². The third-order valence-electron chi connectivity index (χ3n) is 3.03. The minimum absolute atomic E-state index is 0.193. The van der Waals surface area contributed by atoms with Gasteiger partial charge >= 0.3 is 0 Å². The summed E-state index contributed by atoms with van der Waals surface area (Å²) in [5.74, 6) is 0.950. The van der Waals surface area contributed by atoms with Gasteiger partial charge in [0.2, 0.25) is 0 Å². The third kappa shape index (κ3) is 5.14. The summed E-state index contributed by atoms with van der Waals surface area (Å²) < 4.78 is 0. The first-order chi connectivity index (χ1) is 10.6. The molecule has 1 amide bonds. The van der Waals surface area contributed by atoms with Crippen LogP contribution in [-0.4, -0.2) is 48.2 Å². The SMILES string of the molecule is CN(C)CCCNc1ccc(NC(=O)c2ccccc2)nn1. The maximum Gasteiger partial charge on any atom is 0.256 e. The summed E-state index contributed by atoms with van der Waals surface area (Å²) in [7, 11) is 4.09. The van der Waals surface area contributed by atoms with E-state index in [-0.39, 0.29) is 5.91 Å². The summed E-state index contributed by atoms with van der Waals surface area (Å²) >= 11 is 0. The van der Waals surface area contributed by atoms with Crippen molar-refractivity contribution in [2.24, 2.45) is 0 Å². The van der Waals surface area contributed by atoms with Gasteiger partial charge in [0.1, 0.15) is 5.82 Å². The summed E-state index contributed by atoms with van der Waals surface area (Å²) in [6.45, 7) is 1.86. The molecule has 0 spiro atoms. The third-order valence-corrected chi connectivity index (χ3v) is 3.03. The van der Waals surface area contributed by atoms with Gasteiger partial charge in [-0.05, 0) is 51.3 Å². The van der Waals surface area contributed by atoms with E-state index in [4.69, 9.17) is 0 Å². The molecule has 6 heteroatoms. The highest BCUT2D eigenvalue weighted by Crippen LogP contribution is 2.08. The number of amides is 1. The van der Waals surface area contributed by atoms with Crippen LogP contribution < -0.4 is 10.6 Å². The van der Waals surface area contributed by atoms with Crippen molar-refractivity contribution in [3.8, 4) is 0 Å². The fourth-order valence-electron chi connectivity index (χ4n) is 1.88. The first kappa shape index (κ1) is 15.9. The molecule has 0 aliphatic heterocycles. The molecule has 2 aromatic rings. The minimum atomic E-state index is -0.193. The van der Waals surface area contributed by atoms with Crippen LogP contribution in [0, 0.1) is 0 Å². The molecule has 0 bridgehead atoms. The molecule has 0 aliphatic rings. The molecule has 116 valence electrons. The smallest absolute Gasteiger partial charge is 0.256 e. The highest BCUT2D eigenvalue weighted by molar-refractivity contribution is 6.03. The van der Waals surface area contributed by atoms with E-state index in [0.717, 1.165) is 19.5 Å². The normalized spacial score (nSPS) is 10.5. The van der Waals surface area contributed by atoms with E-state index in [2.05, 4.69) is 25.7 Å². The van der Waals surface area contributed by atoms with Crippen LogP contribution in [0.4, 0.5) is 11.6 Å². The fourth-order valence-corrected chi connectivity index (χ4v) is 1.88. The standard InChI is InChI=1S/C16H21N5O/c1-21(2)12-6-11-17-14-9-10-15(20-19-14)18-16(22)13-7-4-3-5-8-13/h3-5,7-10H,6,11-12H2,1-2H3,(H,17,19)(H,18,20,22). The second kappa shape index (κ2) is 8.09. The van der Waals surface area contributed by atoms with Crippen LogP contribution in [0.1, 0.15) is 16.8 Å². The molecule has 0 radical (unpaired) electrons.